The number of nitrogens with zero attached hydrogens (tertiary/aromatic N) is 9. The van der Waals surface area contributed by atoms with Crippen molar-refractivity contribution in [3.63, 3.8) is 0 Å². The van der Waals surface area contributed by atoms with Crippen LogP contribution < -0.4 is 10.7 Å². The Labute approximate surface area is 430 Å². The second-order valence-corrected chi connectivity index (χ2v) is 23.7. The van der Waals surface area contributed by atoms with Crippen molar-refractivity contribution in [2.24, 2.45) is 17.3 Å². The average Bonchev–Trinajstić information content (AvgIpc) is 4.15. The number of likely N-dealkylation sites (tertiary alicyclic amines) is 3. The first kappa shape index (κ1) is 48.3. The number of rotatable bonds is 9. The van der Waals surface area contributed by atoms with E-state index in [-0.39, 0.29) is 53.8 Å². The van der Waals surface area contributed by atoms with E-state index in [1.807, 2.05) is 37.1 Å². The van der Waals surface area contributed by atoms with Gasteiger partial charge in [0.05, 0.1) is 47.4 Å². The van der Waals surface area contributed by atoms with Gasteiger partial charge in [0, 0.05) is 122 Å². The zero-order chi connectivity index (χ0) is 50.5. The fraction of sp³-hybridized carbons (Fsp3) is 0.564. The highest BCUT2D eigenvalue weighted by Gasteiger charge is 2.58. The van der Waals surface area contributed by atoms with E-state index in [4.69, 9.17) is 19.4 Å². The molecule has 6 bridgehead atoms. The molecule has 4 aromatic heterocycles. The third-order valence-electron chi connectivity index (χ3n) is 17.2. The van der Waals surface area contributed by atoms with Crippen LogP contribution in [0, 0.1) is 17.3 Å². The molecule has 5 aromatic rings. The molecule has 5 aliphatic heterocycles. The number of thiazole rings is 1. The van der Waals surface area contributed by atoms with Gasteiger partial charge in [-0.3, -0.25) is 39.0 Å². The van der Waals surface area contributed by atoms with Gasteiger partial charge < -0.3 is 24.3 Å². The number of cyclic esters (lactones) is 1. The number of aromatic nitrogens is 5. The molecule has 18 heteroatoms. The van der Waals surface area contributed by atoms with Crippen LogP contribution in [0.4, 0.5) is 0 Å². The first-order valence-corrected chi connectivity index (χ1v) is 27.3. The lowest BCUT2D eigenvalue weighted by Crippen LogP contribution is -2.71. The van der Waals surface area contributed by atoms with E-state index < -0.39 is 35.4 Å². The maximum Gasteiger partial charge on any atom is 0.324 e. The Hall–Kier alpha value is -5.66. The fourth-order valence-electron chi connectivity index (χ4n) is 13.1. The van der Waals surface area contributed by atoms with Crippen LogP contribution in [0.15, 0.2) is 60.5 Å². The first-order valence-electron chi connectivity index (χ1n) is 26.4. The minimum Gasteiger partial charge on any atom is -0.464 e. The molecule has 384 valence electrons. The van der Waals surface area contributed by atoms with Crippen molar-refractivity contribution in [3.05, 3.63) is 82.5 Å². The van der Waals surface area contributed by atoms with Crippen molar-refractivity contribution < 1.29 is 28.7 Å². The molecule has 7 atom stereocenters. The van der Waals surface area contributed by atoms with Crippen LogP contribution in [0.3, 0.4) is 0 Å². The molecule has 7 aliphatic rings. The van der Waals surface area contributed by atoms with Gasteiger partial charge in [0.25, 0.3) is 5.91 Å². The number of hydrogen-bond donors (Lipinski definition) is 2. The quantitative estimate of drug-likeness (QED) is 0.159. The largest absolute Gasteiger partial charge is 0.464 e. The predicted octanol–water partition coefficient (Wildman–Crippen LogP) is 6.24. The monoisotopic (exact) mass is 1010 g/mol. The number of amides is 3. The van der Waals surface area contributed by atoms with Gasteiger partial charge in [0.15, 0.2) is 0 Å². The number of carbonyl (C=O) groups is 4. The lowest BCUT2D eigenvalue weighted by atomic mass is 9.84. The van der Waals surface area contributed by atoms with Crippen molar-refractivity contribution in [3.8, 4) is 22.5 Å². The first-order chi connectivity index (χ1) is 35.2. The van der Waals surface area contributed by atoms with Crippen LogP contribution in [0.25, 0.3) is 33.4 Å². The molecule has 0 unspecified atom stereocenters. The van der Waals surface area contributed by atoms with Crippen LogP contribution in [-0.4, -0.2) is 145 Å². The second kappa shape index (κ2) is 18.6. The number of benzene rings is 1. The van der Waals surface area contributed by atoms with Gasteiger partial charge in [-0.25, -0.2) is 20.4 Å². The summed E-state index contributed by atoms with van der Waals surface area (Å²) in [6.45, 7) is 14.1. The maximum atomic E-state index is 15.5. The molecule has 4 saturated heterocycles. The van der Waals surface area contributed by atoms with E-state index in [2.05, 4.69) is 78.6 Å². The lowest BCUT2D eigenvalue weighted by molar-refractivity contribution is -0.158. The topological polar surface area (TPSA) is 180 Å². The summed E-state index contributed by atoms with van der Waals surface area (Å²) in [5.41, 5.74) is 10.2. The molecule has 12 rings (SSSR count). The summed E-state index contributed by atoms with van der Waals surface area (Å²) in [6, 6.07) is 11.0. The molecule has 1 spiro atoms. The van der Waals surface area contributed by atoms with Crippen molar-refractivity contribution in [1.29, 1.82) is 0 Å². The Morgan fingerprint density at radius 3 is 2.58 bits per heavy atom. The van der Waals surface area contributed by atoms with Crippen LogP contribution in [0.2, 0.25) is 0 Å². The highest BCUT2D eigenvalue weighted by atomic mass is 32.1. The molecule has 1 aromatic carbocycles. The van der Waals surface area contributed by atoms with Crippen LogP contribution in [0.1, 0.15) is 119 Å². The number of esters is 1. The van der Waals surface area contributed by atoms with Crippen molar-refractivity contribution in [1.82, 2.24) is 55.0 Å². The van der Waals surface area contributed by atoms with E-state index >= 15 is 4.79 Å². The van der Waals surface area contributed by atoms with Crippen molar-refractivity contribution >= 4 is 45.9 Å². The number of pyridine rings is 1. The van der Waals surface area contributed by atoms with Crippen LogP contribution in [-0.2, 0) is 35.1 Å². The van der Waals surface area contributed by atoms with E-state index in [0.29, 0.717) is 56.5 Å². The second-order valence-electron chi connectivity index (χ2n) is 22.8. The van der Waals surface area contributed by atoms with Gasteiger partial charge in [-0.1, -0.05) is 26.8 Å². The van der Waals surface area contributed by atoms with Gasteiger partial charge >= 0.3 is 5.97 Å². The summed E-state index contributed by atoms with van der Waals surface area (Å²) >= 11 is 1.48. The molecule has 9 heterocycles. The van der Waals surface area contributed by atoms with E-state index in [0.717, 1.165) is 76.3 Å². The minimum absolute atomic E-state index is 0.00901. The van der Waals surface area contributed by atoms with Gasteiger partial charge in [-0.05, 0) is 93.7 Å². The molecule has 2 N–H and O–H groups in total. The van der Waals surface area contributed by atoms with Gasteiger partial charge in [-0.2, -0.15) is 0 Å². The van der Waals surface area contributed by atoms with E-state index in [1.54, 1.807) is 20.2 Å². The average molecular weight is 1010 g/mol. The number of fused-ring (bicyclic) bond motifs is 6. The fourth-order valence-corrected chi connectivity index (χ4v) is 14.1. The van der Waals surface area contributed by atoms with Gasteiger partial charge in [0.1, 0.15) is 23.4 Å². The third kappa shape index (κ3) is 8.63. The summed E-state index contributed by atoms with van der Waals surface area (Å²) in [4.78, 5) is 83.5. The molecule has 73 heavy (non-hydrogen) atoms. The summed E-state index contributed by atoms with van der Waals surface area (Å²) in [5.74, 6) is -1.53. The smallest absolute Gasteiger partial charge is 0.324 e. The Bertz CT molecular complexity index is 2960. The Kier molecular flexibility index (Phi) is 12.3. The van der Waals surface area contributed by atoms with Crippen LogP contribution in [0.5, 0.6) is 0 Å². The highest BCUT2D eigenvalue weighted by Crippen LogP contribution is 2.54. The summed E-state index contributed by atoms with van der Waals surface area (Å²) in [5, 5.41) is 8.69. The SMILES string of the molecule is CO[C@@H](C)c1ncccc1-c1c2c3cc(ccc3n1C1CN(C3CC3)C1)-c1csc(n1)[C@@H](N1CC3(CCCN3C(C)=O)C1)[C@H](NC(=O)[C@@H]1[C@@H](C)[C@H]1c1ccncn1)C(=O)N1CCC[C@H](N1)C(=O)OCC(C)(C)C2. The van der Waals surface area contributed by atoms with Crippen molar-refractivity contribution in [2.75, 3.05) is 53.0 Å². The van der Waals surface area contributed by atoms with Crippen molar-refractivity contribution in [2.45, 2.75) is 127 Å². The predicted molar refractivity (Wildman–Crippen MR) is 275 cm³/mol. The number of hydrazine groups is 1. The molecule has 17 nitrogen and oxygen atoms in total. The number of carbonyl (C=O) groups excluding carboxylic acids is 4. The molecule has 6 fully saturated rings. The summed E-state index contributed by atoms with van der Waals surface area (Å²) < 4.78 is 14.8. The molecule has 3 amide bonds. The molecular weight excluding hydrogens is 943 g/mol. The Balaban J connectivity index is 1.00. The standard InChI is InChI=1S/C55H67N11O6S/c1-31-44(40-16-19-56-30-58-40)45(31)50(68)60-47-49(63-27-55(28-63)17-9-20-64(55)33(3)67)51-59-42(26-73-51)34-12-15-43-38(22-34)39(23-54(4,5)29-72-53(70)41-11-8-21-65(61-41)52(47)69)48(37-10-7-18-57-46(37)32(2)71-6)66(43)36-24-62(25-36)35-13-14-35/h7,10,12,15-16,18-19,22,26,30-32,35-36,41,44-45,47,49,61H,8-9,11,13-14,17,20-21,23-25,27-29H2,1-6H3,(H,60,68)/t31-,32-,41-,44-,45+,47-,49-/m0/s1. The molecule has 2 saturated carbocycles. The molecular formula is C55H67N11O6S. The van der Waals surface area contributed by atoms with E-state index in [9.17, 15) is 14.4 Å². The zero-order valence-corrected chi connectivity index (χ0v) is 43.6. The summed E-state index contributed by atoms with van der Waals surface area (Å²) in [6.07, 6.45) is 10.6. The number of hydrogen-bond acceptors (Lipinski definition) is 14. The Morgan fingerprint density at radius 2 is 1.82 bits per heavy atom. The zero-order valence-electron chi connectivity index (χ0n) is 42.8. The Morgan fingerprint density at radius 1 is 1.00 bits per heavy atom. The van der Waals surface area contributed by atoms with Crippen LogP contribution >= 0.6 is 11.3 Å². The molecule has 2 aliphatic carbocycles. The normalized spacial score (nSPS) is 27.8. The van der Waals surface area contributed by atoms with E-state index in [1.165, 1.54) is 35.5 Å². The maximum absolute atomic E-state index is 15.5. The lowest BCUT2D eigenvalue weighted by Gasteiger charge is -2.56. The molecule has 0 radical (unpaired) electrons. The number of methoxy groups -OCH3 is 1. The minimum atomic E-state index is -1.10. The number of nitrogens with one attached hydrogen (secondary N) is 2. The third-order valence-corrected chi connectivity index (χ3v) is 18.1. The van der Waals surface area contributed by atoms with Gasteiger partial charge in [-0.15, -0.1) is 11.3 Å². The number of ether oxygens (including phenoxy) is 2. The highest BCUT2D eigenvalue weighted by molar-refractivity contribution is 7.10. The van der Waals surface area contributed by atoms with Gasteiger partial charge in [0.2, 0.25) is 11.8 Å². The summed E-state index contributed by atoms with van der Waals surface area (Å²) in [7, 11) is 1.72.